The molecular formula is C50H88S4Sn2. The molecule has 0 spiro atoms. The molecular weight excluding hydrogens is 966 g/mol. The van der Waals surface area contributed by atoms with Gasteiger partial charge in [0, 0.05) is 0 Å². The van der Waals surface area contributed by atoms with E-state index in [1.54, 1.807) is 28.2 Å². The molecule has 4 rings (SSSR count). The van der Waals surface area contributed by atoms with E-state index in [0.717, 1.165) is 0 Å². The second kappa shape index (κ2) is 27.3. The van der Waals surface area contributed by atoms with E-state index in [4.69, 9.17) is 0 Å². The van der Waals surface area contributed by atoms with Gasteiger partial charge in [-0.3, -0.25) is 0 Å². The molecule has 0 bridgehead atoms. The van der Waals surface area contributed by atoms with Crippen molar-refractivity contribution in [2.45, 2.75) is 249 Å². The first-order valence-electron chi connectivity index (χ1n) is 24.5. The summed E-state index contributed by atoms with van der Waals surface area (Å²) in [6, 6.07) is 0. The van der Waals surface area contributed by atoms with Crippen molar-refractivity contribution in [3.8, 4) is 0 Å². The predicted octanol–water partition coefficient (Wildman–Crippen LogP) is 19.3. The van der Waals surface area contributed by atoms with Crippen LogP contribution < -0.4 is 5.79 Å². The number of fused-ring (bicyclic) bond motifs is 5. The zero-order chi connectivity index (χ0) is 40.2. The Morgan fingerprint density at radius 2 is 0.482 bits per heavy atom. The average Bonchev–Trinajstić information content (AvgIpc) is 3.89. The Balaban J connectivity index is 1.25. The van der Waals surface area contributed by atoms with Crippen LogP contribution >= 0.6 is 45.3 Å². The topological polar surface area (TPSA) is 0 Å². The van der Waals surface area contributed by atoms with E-state index >= 15 is 0 Å². The van der Waals surface area contributed by atoms with E-state index in [1.807, 2.05) is 16.9 Å². The molecule has 0 nitrogen and oxygen atoms in total. The van der Waals surface area contributed by atoms with Crippen LogP contribution in [0.3, 0.4) is 0 Å². The van der Waals surface area contributed by atoms with E-state index in [2.05, 4.69) is 88.8 Å². The van der Waals surface area contributed by atoms with Crippen LogP contribution in [0.15, 0.2) is 0 Å². The molecule has 0 N–H and O–H groups in total. The first kappa shape index (κ1) is 49.8. The molecule has 4 aromatic rings. The van der Waals surface area contributed by atoms with Crippen LogP contribution in [-0.4, -0.2) is 36.8 Å². The maximum absolute atomic E-state index is 2.67. The first-order chi connectivity index (χ1) is 27.1. The molecule has 320 valence electrons. The Morgan fingerprint density at radius 3 is 0.714 bits per heavy atom. The summed E-state index contributed by atoms with van der Waals surface area (Å²) in [7, 11) is 0. The monoisotopic (exact) mass is 1060 g/mol. The number of aryl methyl sites for hydroxylation is 2. The standard InChI is InChI=1S/C44H70S4.6CH3.2Sn/c1-3-5-7-9-11-13-15-17-19-21-23-25-27-29-31-33-37-35-45-41-39(37)47-44-42-40(48-43(41)44)38(36-46-42)34-32-30-28-26-24-22-20-18-16-14-12-10-8-6-4-2;;;;;;;;/h3-34H2,1-2H3;6*1H3;;. The summed E-state index contributed by atoms with van der Waals surface area (Å²) in [6.45, 7) is 4.64. The van der Waals surface area contributed by atoms with Gasteiger partial charge in [-0.1, -0.05) is 90.9 Å². The summed E-state index contributed by atoms with van der Waals surface area (Å²) in [5.74, 6) is 0. The van der Waals surface area contributed by atoms with E-state index < -0.39 is 36.8 Å². The van der Waals surface area contributed by atoms with Gasteiger partial charge >= 0.3 is 285 Å². The summed E-state index contributed by atoms with van der Waals surface area (Å²) in [5, 5.41) is 0. The van der Waals surface area contributed by atoms with Crippen molar-refractivity contribution in [1.29, 1.82) is 0 Å². The predicted molar refractivity (Wildman–Crippen MR) is 274 cm³/mol. The SMILES string of the molecule is CCCCCCCCCCCCCCCCCc1[c]([Sn]([CH3])([CH3])[CH3])sc2c1sc1c3s[c]([Sn]([CH3])([CH3])[CH3])c(CCCCCCCCCCCCCCCCC)c3sc21. The van der Waals surface area contributed by atoms with Gasteiger partial charge in [-0.25, -0.2) is 0 Å². The van der Waals surface area contributed by atoms with Crippen LogP contribution in [0.2, 0.25) is 29.6 Å². The van der Waals surface area contributed by atoms with E-state index in [-0.39, 0.29) is 0 Å². The zero-order valence-electron chi connectivity index (χ0n) is 38.3. The molecule has 0 aliphatic rings. The summed E-state index contributed by atoms with van der Waals surface area (Å²) < 4.78 is 13.9. The van der Waals surface area contributed by atoms with Gasteiger partial charge in [-0.05, 0) is 0 Å². The van der Waals surface area contributed by atoms with Crippen molar-refractivity contribution < 1.29 is 0 Å². The minimum absolute atomic E-state index is 1.33. The molecule has 0 radical (unpaired) electrons. The molecule has 4 aromatic heterocycles. The molecule has 0 saturated heterocycles. The Hall–Kier alpha value is 1.18. The molecule has 0 fully saturated rings. The average molecular weight is 1050 g/mol. The van der Waals surface area contributed by atoms with Gasteiger partial charge in [0.2, 0.25) is 0 Å². The van der Waals surface area contributed by atoms with Gasteiger partial charge < -0.3 is 0 Å². The molecule has 6 heteroatoms. The van der Waals surface area contributed by atoms with Crippen molar-refractivity contribution in [1.82, 2.24) is 0 Å². The van der Waals surface area contributed by atoms with Crippen molar-refractivity contribution in [2.24, 2.45) is 0 Å². The second-order valence-corrected chi connectivity index (χ2v) is 54.6. The van der Waals surface area contributed by atoms with Crippen LogP contribution in [0, 0.1) is 0 Å². The second-order valence-electron chi connectivity index (χ2n) is 19.9. The number of hydrogen-bond acceptors (Lipinski definition) is 4. The Kier molecular flexibility index (Phi) is 24.3. The van der Waals surface area contributed by atoms with Crippen molar-refractivity contribution in [2.75, 3.05) is 0 Å². The summed E-state index contributed by atoms with van der Waals surface area (Å²) in [6.07, 6.45) is 46.1. The summed E-state index contributed by atoms with van der Waals surface area (Å²) in [4.78, 5) is 16.0. The number of unbranched alkanes of at least 4 members (excludes halogenated alkanes) is 28. The fourth-order valence-corrected chi connectivity index (χ4v) is 29.5. The van der Waals surface area contributed by atoms with Gasteiger partial charge in [-0.2, -0.15) is 0 Å². The molecule has 4 heterocycles. The first-order valence-corrected chi connectivity index (χ1v) is 47.7. The van der Waals surface area contributed by atoms with Crippen LogP contribution in [0.25, 0.3) is 28.2 Å². The van der Waals surface area contributed by atoms with E-state index in [9.17, 15) is 0 Å². The summed E-state index contributed by atoms with van der Waals surface area (Å²) >= 11 is 4.51. The van der Waals surface area contributed by atoms with E-state index in [1.165, 1.54) is 205 Å². The van der Waals surface area contributed by atoms with Crippen molar-refractivity contribution in [3.63, 3.8) is 0 Å². The minimum atomic E-state index is -2.22. The Morgan fingerprint density at radius 1 is 0.268 bits per heavy atom. The van der Waals surface area contributed by atoms with Crippen molar-refractivity contribution in [3.05, 3.63) is 11.1 Å². The molecule has 0 unspecified atom stereocenters. The quantitative estimate of drug-likeness (QED) is 0.0323. The molecule has 0 atom stereocenters. The molecule has 0 aliphatic heterocycles. The third-order valence-corrected chi connectivity index (χ3v) is 37.1. The van der Waals surface area contributed by atoms with Gasteiger partial charge in [0.1, 0.15) is 0 Å². The van der Waals surface area contributed by atoms with E-state index in [0.29, 0.717) is 0 Å². The van der Waals surface area contributed by atoms with Crippen LogP contribution in [0.1, 0.15) is 218 Å². The van der Waals surface area contributed by atoms with Gasteiger partial charge in [0.05, 0.1) is 0 Å². The summed E-state index contributed by atoms with van der Waals surface area (Å²) in [5.41, 5.74) is 3.63. The Bertz CT molecular complexity index is 1500. The Labute approximate surface area is 372 Å². The molecule has 0 aliphatic carbocycles. The normalized spacial score (nSPS) is 12.8. The molecule has 0 amide bonds. The molecule has 56 heavy (non-hydrogen) atoms. The van der Waals surface area contributed by atoms with Crippen LogP contribution in [0.4, 0.5) is 0 Å². The molecule has 0 saturated carbocycles. The number of hydrogen-bond donors (Lipinski definition) is 0. The van der Waals surface area contributed by atoms with Gasteiger partial charge in [-0.15, -0.1) is 0 Å². The van der Waals surface area contributed by atoms with Crippen LogP contribution in [-0.2, 0) is 12.8 Å². The fourth-order valence-electron chi connectivity index (χ4n) is 9.02. The number of thiophene rings is 4. The fraction of sp³-hybridized carbons (Fsp3) is 0.800. The van der Waals surface area contributed by atoms with Crippen LogP contribution in [0.5, 0.6) is 0 Å². The third kappa shape index (κ3) is 16.5. The molecule has 0 aromatic carbocycles. The maximum atomic E-state index is 2.67. The third-order valence-electron chi connectivity index (χ3n) is 12.4. The number of rotatable bonds is 34. The van der Waals surface area contributed by atoms with Gasteiger partial charge in [0.15, 0.2) is 0 Å². The van der Waals surface area contributed by atoms with Gasteiger partial charge in [0.25, 0.3) is 0 Å². The zero-order valence-corrected chi connectivity index (χ0v) is 47.2. The van der Waals surface area contributed by atoms with Crippen molar-refractivity contribution >= 4 is 116 Å².